The largest absolute Gasteiger partial charge is 0.304 e. The van der Waals surface area contributed by atoms with E-state index in [1.54, 1.807) is 0 Å². The van der Waals surface area contributed by atoms with Crippen LogP contribution in [0.3, 0.4) is 0 Å². The zero-order valence-corrected chi connectivity index (χ0v) is 13.0. The first-order chi connectivity index (χ1) is 9.33. The molecule has 3 heteroatoms. The number of hydrogen-bond donors (Lipinski definition) is 1. The Balaban J connectivity index is 1.70. The number of rotatable bonds is 7. The molecule has 1 saturated carbocycles. The van der Waals surface area contributed by atoms with Crippen molar-refractivity contribution in [2.75, 3.05) is 6.54 Å². The highest BCUT2D eigenvalue weighted by molar-refractivity contribution is 7.11. The molecule has 0 aliphatic heterocycles. The Labute approximate surface area is 123 Å². The second-order valence-electron chi connectivity index (χ2n) is 5.59. The summed E-state index contributed by atoms with van der Waals surface area (Å²) in [7, 11) is 0. The van der Waals surface area contributed by atoms with Crippen LogP contribution in [0, 0.1) is 5.41 Å². The molecule has 3 rings (SSSR count). The molecular weight excluding hydrogens is 270 g/mol. The summed E-state index contributed by atoms with van der Waals surface area (Å²) >= 11 is 3.72. The number of nitrogens with one attached hydrogen (secondary N) is 1. The van der Waals surface area contributed by atoms with Crippen molar-refractivity contribution in [2.45, 2.75) is 38.6 Å². The summed E-state index contributed by atoms with van der Waals surface area (Å²) in [5, 5.41) is 8.19. The minimum Gasteiger partial charge on any atom is -0.304 e. The highest BCUT2D eigenvalue weighted by Gasteiger charge is 2.41. The van der Waals surface area contributed by atoms with E-state index < -0.39 is 0 Å². The fourth-order valence-electron chi connectivity index (χ4n) is 2.79. The zero-order chi connectivity index (χ0) is 13.1. The molecule has 0 aromatic carbocycles. The molecule has 0 spiro atoms. The van der Waals surface area contributed by atoms with Gasteiger partial charge >= 0.3 is 0 Å². The van der Waals surface area contributed by atoms with Gasteiger partial charge in [-0.05, 0) is 47.6 Å². The van der Waals surface area contributed by atoms with Crippen molar-refractivity contribution in [3.8, 4) is 0 Å². The quantitative estimate of drug-likeness (QED) is 0.751. The van der Waals surface area contributed by atoms with Gasteiger partial charge in [-0.1, -0.05) is 25.5 Å². The first-order valence-electron chi connectivity index (χ1n) is 7.13. The van der Waals surface area contributed by atoms with E-state index >= 15 is 0 Å². The molecule has 1 aliphatic rings. The summed E-state index contributed by atoms with van der Waals surface area (Å²) in [6.45, 7) is 3.47. The lowest BCUT2D eigenvalue weighted by Gasteiger charge is -2.21. The summed E-state index contributed by atoms with van der Waals surface area (Å²) in [6, 6.07) is 9.21. The molecule has 0 bridgehead atoms. The Bertz CT molecular complexity index is 449. The molecule has 1 fully saturated rings. The van der Waals surface area contributed by atoms with E-state index in [9.17, 15) is 0 Å². The maximum atomic E-state index is 3.83. The lowest BCUT2D eigenvalue weighted by atomic mass is 10.00. The molecule has 2 aromatic rings. The molecule has 2 aromatic heterocycles. The number of hydrogen-bond acceptors (Lipinski definition) is 3. The predicted molar refractivity (Wildman–Crippen MR) is 85.1 cm³/mol. The second-order valence-corrected chi connectivity index (χ2v) is 7.55. The van der Waals surface area contributed by atoms with E-state index in [2.05, 4.69) is 47.3 Å². The summed E-state index contributed by atoms with van der Waals surface area (Å²) in [5.41, 5.74) is 0.613. The van der Waals surface area contributed by atoms with E-state index in [1.165, 1.54) is 42.0 Å². The minimum absolute atomic E-state index is 0.398. The van der Waals surface area contributed by atoms with Crippen LogP contribution in [0.1, 0.15) is 48.4 Å². The molecular formula is C16H21NS2. The molecule has 2 heterocycles. The maximum Gasteiger partial charge on any atom is 0.0765 e. The van der Waals surface area contributed by atoms with Crippen molar-refractivity contribution in [1.82, 2.24) is 5.32 Å². The SMILES string of the molecule is CCCC1(CNC(c2cccs2)c2cccs2)CC1. The van der Waals surface area contributed by atoms with Crippen LogP contribution in [0.15, 0.2) is 35.0 Å². The molecule has 0 atom stereocenters. The first-order valence-corrected chi connectivity index (χ1v) is 8.89. The van der Waals surface area contributed by atoms with E-state index in [4.69, 9.17) is 0 Å². The lowest BCUT2D eigenvalue weighted by Crippen LogP contribution is -2.28. The molecule has 1 N–H and O–H groups in total. The van der Waals surface area contributed by atoms with Gasteiger partial charge in [-0.2, -0.15) is 0 Å². The first kappa shape index (κ1) is 13.3. The average molecular weight is 291 g/mol. The zero-order valence-electron chi connectivity index (χ0n) is 11.4. The number of thiophene rings is 2. The van der Waals surface area contributed by atoms with Gasteiger partial charge in [-0.15, -0.1) is 22.7 Å². The fraction of sp³-hybridized carbons (Fsp3) is 0.500. The van der Waals surface area contributed by atoms with Crippen molar-refractivity contribution in [3.05, 3.63) is 44.8 Å². The second kappa shape index (κ2) is 5.78. The Hall–Kier alpha value is -0.640. The van der Waals surface area contributed by atoms with Crippen molar-refractivity contribution in [1.29, 1.82) is 0 Å². The van der Waals surface area contributed by atoms with E-state index in [-0.39, 0.29) is 0 Å². The van der Waals surface area contributed by atoms with Crippen LogP contribution < -0.4 is 5.32 Å². The van der Waals surface area contributed by atoms with Gasteiger partial charge in [0.05, 0.1) is 6.04 Å². The third-order valence-corrected chi connectivity index (χ3v) is 5.95. The van der Waals surface area contributed by atoms with Crippen LogP contribution in [0.2, 0.25) is 0 Å². The predicted octanol–water partition coefficient (Wildman–Crippen LogP) is 5.07. The molecule has 1 nitrogen and oxygen atoms in total. The molecule has 19 heavy (non-hydrogen) atoms. The minimum atomic E-state index is 0.398. The average Bonchev–Trinajstić information content (AvgIpc) is 2.90. The Morgan fingerprint density at radius 2 is 1.79 bits per heavy atom. The van der Waals surface area contributed by atoms with Crippen molar-refractivity contribution >= 4 is 22.7 Å². The third-order valence-electron chi connectivity index (χ3n) is 4.07. The van der Waals surface area contributed by atoms with Crippen LogP contribution in [-0.2, 0) is 0 Å². The van der Waals surface area contributed by atoms with Gasteiger partial charge in [0.1, 0.15) is 0 Å². The van der Waals surface area contributed by atoms with Crippen LogP contribution >= 0.6 is 22.7 Å². The Kier molecular flexibility index (Phi) is 4.06. The summed E-state index contributed by atoms with van der Waals surface area (Å²) in [6.07, 6.45) is 5.51. The van der Waals surface area contributed by atoms with E-state index in [0.717, 1.165) is 0 Å². The molecule has 0 unspecified atom stereocenters. The molecule has 0 radical (unpaired) electrons. The van der Waals surface area contributed by atoms with Gasteiger partial charge < -0.3 is 5.32 Å². The smallest absolute Gasteiger partial charge is 0.0765 e. The monoisotopic (exact) mass is 291 g/mol. The van der Waals surface area contributed by atoms with Crippen LogP contribution in [-0.4, -0.2) is 6.54 Å². The summed E-state index contributed by atoms with van der Waals surface area (Å²) in [5.74, 6) is 0. The lowest BCUT2D eigenvalue weighted by molar-refractivity contribution is 0.407. The van der Waals surface area contributed by atoms with E-state index in [1.807, 2.05) is 22.7 Å². The summed E-state index contributed by atoms with van der Waals surface area (Å²) < 4.78 is 0. The standard InChI is InChI=1S/C16H21NS2/c1-2-7-16(8-9-16)12-17-15(13-5-3-10-18-13)14-6-4-11-19-14/h3-6,10-11,15,17H,2,7-9,12H2,1H3. The van der Waals surface area contributed by atoms with Gasteiger partial charge in [0.2, 0.25) is 0 Å². The van der Waals surface area contributed by atoms with Crippen molar-refractivity contribution in [3.63, 3.8) is 0 Å². The van der Waals surface area contributed by atoms with Gasteiger partial charge in [0.15, 0.2) is 0 Å². The van der Waals surface area contributed by atoms with Crippen LogP contribution in [0.4, 0.5) is 0 Å². The van der Waals surface area contributed by atoms with Crippen molar-refractivity contribution < 1.29 is 0 Å². The Morgan fingerprint density at radius 3 is 2.21 bits per heavy atom. The van der Waals surface area contributed by atoms with Gasteiger partial charge in [0.25, 0.3) is 0 Å². The fourth-order valence-corrected chi connectivity index (χ4v) is 4.50. The van der Waals surface area contributed by atoms with Crippen LogP contribution in [0.5, 0.6) is 0 Å². The van der Waals surface area contributed by atoms with Crippen LogP contribution in [0.25, 0.3) is 0 Å². The molecule has 0 amide bonds. The third kappa shape index (κ3) is 3.10. The van der Waals surface area contributed by atoms with Gasteiger partial charge in [-0.25, -0.2) is 0 Å². The molecule has 1 aliphatic carbocycles. The highest BCUT2D eigenvalue weighted by Crippen LogP contribution is 2.49. The maximum absolute atomic E-state index is 3.83. The van der Waals surface area contributed by atoms with Crippen molar-refractivity contribution in [2.24, 2.45) is 5.41 Å². The molecule has 0 saturated heterocycles. The van der Waals surface area contributed by atoms with E-state index in [0.29, 0.717) is 11.5 Å². The Morgan fingerprint density at radius 1 is 1.16 bits per heavy atom. The molecule has 102 valence electrons. The highest BCUT2D eigenvalue weighted by atomic mass is 32.1. The summed E-state index contributed by atoms with van der Waals surface area (Å²) in [4.78, 5) is 2.88. The van der Waals surface area contributed by atoms with Gasteiger partial charge in [0, 0.05) is 16.3 Å². The normalized spacial score (nSPS) is 16.9. The van der Waals surface area contributed by atoms with Gasteiger partial charge in [-0.3, -0.25) is 0 Å². The topological polar surface area (TPSA) is 12.0 Å².